The molecule has 3 aliphatic heterocycles. The molecule has 2 bridgehead atoms. The zero-order valence-electron chi connectivity index (χ0n) is 24.1. The summed E-state index contributed by atoms with van der Waals surface area (Å²) in [6.07, 6.45) is 12.4. The quantitative estimate of drug-likeness (QED) is 0.374. The summed E-state index contributed by atoms with van der Waals surface area (Å²) >= 11 is 1.61. The number of amides is 3. The SMILES string of the molecule is CSc1cccc(NC(=O)[C@@H]2[C@@H]3C=C[C@]4(O3)[C@@H]2C(=O)N(C2CCC(C)CC2)[C@H]4C(=O)N[C@@H]2CCC[C@@H](C)[C@H]2C)c1. The van der Waals surface area contributed by atoms with Gasteiger partial charge in [-0.15, -0.1) is 11.8 Å². The number of carbonyl (C=O) groups is 3. The molecule has 2 N–H and O–H groups in total. The first-order chi connectivity index (χ1) is 19.2. The molecule has 2 saturated carbocycles. The minimum atomic E-state index is -1.11. The molecule has 40 heavy (non-hydrogen) atoms. The first kappa shape index (κ1) is 27.8. The zero-order chi connectivity index (χ0) is 28.2. The maximum Gasteiger partial charge on any atom is 0.246 e. The fourth-order valence-corrected chi connectivity index (χ4v) is 8.55. The van der Waals surface area contributed by atoms with Crippen molar-refractivity contribution < 1.29 is 19.1 Å². The maximum absolute atomic E-state index is 14.4. The van der Waals surface area contributed by atoms with Crippen molar-refractivity contribution in [2.75, 3.05) is 11.6 Å². The van der Waals surface area contributed by atoms with Gasteiger partial charge in [0.15, 0.2) is 0 Å². The first-order valence-corrected chi connectivity index (χ1v) is 16.4. The number of anilines is 1. The largest absolute Gasteiger partial charge is 0.359 e. The molecule has 1 aromatic rings. The molecule has 2 saturated heterocycles. The van der Waals surface area contributed by atoms with Gasteiger partial charge in [0.25, 0.3) is 0 Å². The predicted molar refractivity (Wildman–Crippen MR) is 157 cm³/mol. The highest BCUT2D eigenvalue weighted by Gasteiger charge is 2.73. The van der Waals surface area contributed by atoms with Gasteiger partial charge in [0, 0.05) is 22.7 Å². The van der Waals surface area contributed by atoms with Crippen molar-refractivity contribution in [2.24, 2.45) is 29.6 Å². The summed E-state index contributed by atoms with van der Waals surface area (Å²) in [5, 5.41) is 6.43. The summed E-state index contributed by atoms with van der Waals surface area (Å²) in [4.78, 5) is 45.3. The van der Waals surface area contributed by atoms with E-state index >= 15 is 0 Å². The van der Waals surface area contributed by atoms with Crippen LogP contribution in [0.3, 0.4) is 0 Å². The van der Waals surface area contributed by atoms with Crippen molar-refractivity contribution in [3.8, 4) is 0 Å². The number of thioether (sulfide) groups is 1. The highest BCUT2D eigenvalue weighted by molar-refractivity contribution is 7.98. The maximum atomic E-state index is 14.4. The Morgan fingerprint density at radius 2 is 1.82 bits per heavy atom. The Morgan fingerprint density at radius 1 is 1.05 bits per heavy atom. The molecule has 1 spiro atoms. The Morgan fingerprint density at radius 3 is 2.58 bits per heavy atom. The van der Waals surface area contributed by atoms with Gasteiger partial charge in [-0.1, -0.05) is 51.8 Å². The third kappa shape index (κ3) is 4.59. The van der Waals surface area contributed by atoms with E-state index in [-0.39, 0.29) is 29.8 Å². The van der Waals surface area contributed by atoms with Crippen LogP contribution in [-0.2, 0) is 19.1 Å². The molecule has 7 nitrogen and oxygen atoms in total. The summed E-state index contributed by atoms with van der Waals surface area (Å²) in [5.74, 6) is -0.293. The molecular weight excluding hydrogens is 522 g/mol. The number of hydrogen-bond donors (Lipinski definition) is 2. The molecule has 4 fully saturated rings. The van der Waals surface area contributed by atoms with Gasteiger partial charge in [0.05, 0.1) is 17.9 Å². The first-order valence-electron chi connectivity index (χ1n) is 15.2. The third-order valence-electron chi connectivity index (χ3n) is 10.6. The minimum Gasteiger partial charge on any atom is -0.359 e. The molecule has 0 radical (unpaired) electrons. The average molecular weight is 566 g/mol. The van der Waals surface area contributed by atoms with Crippen LogP contribution in [0.1, 0.15) is 65.7 Å². The number of rotatable bonds is 6. The number of nitrogens with zero attached hydrogens (tertiary/aromatic N) is 1. The van der Waals surface area contributed by atoms with Gasteiger partial charge in [-0.05, 0) is 74.3 Å². The van der Waals surface area contributed by atoms with Crippen LogP contribution in [0.15, 0.2) is 41.3 Å². The number of fused-ring (bicyclic) bond motifs is 1. The summed E-state index contributed by atoms with van der Waals surface area (Å²) < 4.78 is 6.58. The number of ether oxygens (including phenoxy) is 1. The number of nitrogens with one attached hydrogen (secondary N) is 2. The lowest BCUT2D eigenvalue weighted by Crippen LogP contribution is -2.59. The lowest BCUT2D eigenvalue weighted by atomic mass is 9.73. The second-order valence-corrected chi connectivity index (χ2v) is 13.8. The van der Waals surface area contributed by atoms with Crippen molar-refractivity contribution in [2.45, 2.75) is 100 Å². The van der Waals surface area contributed by atoms with Crippen molar-refractivity contribution >= 4 is 35.2 Å². The van der Waals surface area contributed by atoms with Crippen LogP contribution in [0.4, 0.5) is 5.69 Å². The molecule has 1 aromatic carbocycles. The fraction of sp³-hybridized carbons (Fsp3) is 0.656. The van der Waals surface area contributed by atoms with E-state index in [4.69, 9.17) is 4.74 Å². The van der Waals surface area contributed by atoms with E-state index in [0.29, 0.717) is 23.4 Å². The molecule has 3 heterocycles. The van der Waals surface area contributed by atoms with E-state index in [1.165, 1.54) is 6.42 Å². The van der Waals surface area contributed by atoms with Crippen molar-refractivity contribution in [3.63, 3.8) is 0 Å². The number of hydrogen-bond acceptors (Lipinski definition) is 5. The molecule has 8 atom stereocenters. The zero-order valence-corrected chi connectivity index (χ0v) is 24.9. The Bertz CT molecular complexity index is 1200. The molecule has 8 heteroatoms. The molecule has 0 aromatic heterocycles. The normalized spacial score (nSPS) is 40.2. The summed E-state index contributed by atoms with van der Waals surface area (Å²) in [5.41, 5.74) is -0.405. The second kappa shape index (κ2) is 10.8. The summed E-state index contributed by atoms with van der Waals surface area (Å²) in [6, 6.07) is 7.04. The van der Waals surface area contributed by atoms with E-state index in [1.54, 1.807) is 11.8 Å². The van der Waals surface area contributed by atoms with Crippen LogP contribution >= 0.6 is 11.8 Å². The van der Waals surface area contributed by atoms with Gasteiger partial charge in [0.2, 0.25) is 17.7 Å². The van der Waals surface area contributed by atoms with Crippen LogP contribution in [0.25, 0.3) is 0 Å². The molecule has 6 rings (SSSR count). The van der Waals surface area contributed by atoms with Crippen molar-refractivity contribution in [1.29, 1.82) is 0 Å². The van der Waals surface area contributed by atoms with Crippen LogP contribution in [0.5, 0.6) is 0 Å². The van der Waals surface area contributed by atoms with E-state index < -0.39 is 29.6 Å². The number of benzene rings is 1. The molecule has 2 aliphatic carbocycles. The second-order valence-electron chi connectivity index (χ2n) is 13.0. The van der Waals surface area contributed by atoms with Crippen molar-refractivity contribution in [3.05, 3.63) is 36.4 Å². The van der Waals surface area contributed by atoms with Crippen LogP contribution in [-0.4, -0.2) is 58.7 Å². The van der Waals surface area contributed by atoms with Gasteiger partial charge in [0.1, 0.15) is 11.6 Å². The van der Waals surface area contributed by atoms with E-state index in [0.717, 1.165) is 43.4 Å². The Hall–Kier alpha value is -2.32. The third-order valence-corrected chi connectivity index (χ3v) is 11.3. The van der Waals surface area contributed by atoms with Crippen molar-refractivity contribution in [1.82, 2.24) is 10.2 Å². The highest BCUT2D eigenvalue weighted by Crippen LogP contribution is 2.56. The highest BCUT2D eigenvalue weighted by atomic mass is 32.2. The lowest BCUT2D eigenvalue weighted by molar-refractivity contribution is -0.145. The molecule has 216 valence electrons. The van der Waals surface area contributed by atoms with Crippen LogP contribution in [0.2, 0.25) is 0 Å². The molecule has 3 amide bonds. The van der Waals surface area contributed by atoms with Gasteiger partial charge in [-0.2, -0.15) is 0 Å². The van der Waals surface area contributed by atoms with Gasteiger partial charge < -0.3 is 20.3 Å². The number of likely N-dealkylation sites (tertiary alicyclic amines) is 1. The van der Waals surface area contributed by atoms with E-state index in [9.17, 15) is 14.4 Å². The van der Waals surface area contributed by atoms with E-state index in [1.807, 2.05) is 47.6 Å². The summed E-state index contributed by atoms with van der Waals surface area (Å²) in [7, 11) is 0. The Labute approximate surface area is 242 Å². The summed E-state index contributed by atoms with van der Waals surface area (Å²) in [6.45, 7) is 6.74. The molecule has 5 aliphatic rings. The monoisotopic (exact) mass is 565 g/mol. The number of carbonyl (C=O) groups excluding carboxylic acids is 3. The van der Waals surface area contributed by atoms with Gasteiger partial charge in [-0.25, -0.2) is 0 Å². The van der Waals surface area contributed by atoms with Crippen LogP contribution < -0.4 is 10.6 Å². The van der Waals surface area contributed by atoms with Gasteiger partial charge in [-0.3, -0.25) is 14.4 Å². The standard InChI is InChI=1S/C32H43N3O4S/c1-18-11-13-22(14-12-18)35-28(30(37)34-24-10-5-7-19(2)20(24)3)32-16-15-25(39-32)26(27(32)31(35)38)29(36)33-21-8-6-9-23(17-21)40-4/h6,8-9,15-20,22,24-28H,5,7,10-14H2,1-4H3,(H,33,36)(H,34,37)/t18?,19-,20-,22?,24-,25+,26-,27+,28+,32+/m1/s1. The van der Waals surface area contributed by atoms with E-state index in [2.05, 4.69) is 31.4 Å². The fourth-order valence-electron chi connectivity index (χ4n) is 8.09. The topological polar surface area (TPSA) is 87.7 Å². The smallest absolute Gasteiger partial charge is 0.246 e. The molecule has 0 unspecified atom stereocenters. The lowest BCUT2D eigenvalue weighted by Gasteiger charge is -2.41. The minimum absolute atomic E-state index is 0.0138. The predicted octanol–water partition coefficient (Wildman–Crippen LogP) is 5.02. The van der Waals surface area contributed by atoms with Gasteiger partial charge >= 0.3 is 0 Å². The van der Waals surface area contributed by atoms with Crippen LogP contribution in [0, 0.1) is 29.6 Å². The Kier molecular flexibility index (Phi) is 7.53. The molecular formula is C32H43N3O4S. The Balaban J connectivity index is 1.31. The average Bonchev–Trinajstić information content (AvgIpc) is 3.59.